The van der Waals surface area contributed by atoms with Crippen molar-refractivity contribution in [2.75, 3.05) is 31.2 Å². The summed E-state index contributed by atoms with van der Waals surface area (Å²) in [7, 11) is 0. The van der Waals surface area contributed by atoms with Crippen molar-refractivity contribution in [3.05, 3.63) is 52.3 Å². The molecule has 26 heavy (non-hydrogen) atoms. The van der Waals surface area contributed by atoms with E-state index in [-0.39, 0.29) is 5.91 Å². The Labute approximate surface area is 157 Å². The van der Waals surface area contributed by atoms with Gasteiger partial charge in [0.2, 0.25) is 11.9 Å². The molecule has 0 radical (unpaired) electrons. The number of rotatable bonds is 4. The number of amides is 1. The van der Waals surface area contributed by atoms with Crippen molar-refractivity contribution < 1.29 is 9.53 Å². The Morgan fingerprint density at radius 2 is 2.08 bits per heavy atom. The second-order valence-corrected chi connectivity index (χ2v) is 7.06. The lowest BCUT2D eigenvalue weighted by Gasteiger charge is -2.26. The van der Waals surface area contributed by atoms with Crippen LogP contribution in [-0.4, -0.2) is 47.1 Å². The van der Waals surface area contributed by atoms with Crippen molar-refractivity contribution in [2.45, 2.75) is 25.9 Å². The van der Waals surface area contributed by atoms with Crippen LogP contribution in [0.1, 0.15) is 23.2 Å². The first kappa shape index (κ1) is 17.2. The number of hydrogen-bond acceptors (Lipinski definition) is 5. The Hall–Kier alpha value is -2.18. The normalized spacial score (nSPS) is 16.7. The summed E-state index contributed by atoms with van der Waals surface area (Å²) in [5, 5.41) is 0.703. The maximum Gasteiger partial charge on any atom is 0.225 e. The predicted molar refractivity (Wildman–Crippen MR) is 99.1 cm³/mol. The van der Waals surface area contributed by atoms with Gasteiger partial charge in [-0.3, -0.25) is 4.79 Å². The lowest BCUT2D eigenvalue weighted by Crippen LogP contribution is -2.37. The molecule has 4 rings (SSSR count). The molecule has 3 heterocycles. The van der Waals surface area contributed by atoms with Crippen LogP contribution in [0.15, 0.2) is 30.5 Å². The van der Waals surface area contributed by atoms with Crippen LogP contribution in [-0.2, 0) is 29.0 Å². The van der Waals surface area contributed by atoms with E-state index in [1.165, 1.54) is 0 Å². The van der Waals surface area contributed by atoms with Crippen molar-refractivity contribution in [2.24, 2.45) is 0 Å². The highest BCUT2D eigenvalue weighted by Gasteiger charge is 2.26. The van der Waals surface area contributed by atoms with Gasteiger partial charge in [0.15, 0.2) is 0 Å². The van der Waals surface area contributed by atoms with E-state index in [9.17, 15) is 4.79 Å². The molecule has 0 aliphatic carbocycles. The van der Waals surface area contributed by atoms with Gasteiger partial charge in [-0.2, -0.15) is 0 Å². The minimum absolute atomic E-state index is 0.135. The SMILES string of the molecule is O=C(CCc1cccc(Cl)c1)N1Cc2cnc(N3CCOCC3)nc2C1. The standard InChI is InChI=1S/C19H21ClN4O2/c20-16-3-1-2-14(10-16)4-5-18(25)24-12-15-11-21-19(22-17(15)13-24)23-6-8-26-9-7-23/h1-3,10-11H,4-9,12-13H2. The van der Waals surface area contributed by atoms with E-state index < -0.39 is 0 Å². The number of nitrogens with zero attached hydrogens (tertiary/aromatic N) is 4. The van der Waals surface area contributed by atoms with Crippen LogP contribution in [0, 0.1) is 0 Å². The van der Waals surface area contributed by atoms with Crippen LogP contribution < -0.4 is 4.90 Å². The molecule has 0 N–H and O–H groups in total. The van der Waals surface area contributed by atoms with Crippen LogP contribution in [0.4, 0.5) is 5.95 Å². The minimum Gasteiger partial charge on any atom is -0.378 e. The highest BCUT2D eigenvalue weighted by Crippen LogP contribution is 2.24. The third-order valence-corrected chi connectivity index (χ3v) is 5.04. The van der Waals surface area contributed by atoms with E-state index in [2.05, 4.69) is 14.9 Å². The summed E-state index contributed by atoms with van der Waals surface area (Å²) >= 11 is 6.00. The lowest BCUT2D eigenvalue weighted by molar-refractivity contribution is -0.131. The summed E-state index contributed by atoms with van der Waals surface area (Å²) in [6, 6.07) is 7.66. The van der Waals surface area contributed by atoms with Gasteiger partial charge in [-0.25, -0.2) is 9.97 Å². The van der Waals surface area contributed by atoms with Crippen molar-refractivity contribution in [1.82, 2.24) is 14.9 Å². The summed E-state index contributed by atoms with van der Waals surface area (Å²) in [5.41, 5.74) is 3.08. The third kappa shape index (κ3) is 3.81. The van der Waals surface area contributed by atoms with Crippen LogP contribution in [0.2, 0.25) is 5.02 Å². The Morgan fingerprint density at radius 1 is 1.23 bits per heavy atom. The Morgan fingerprint density at radius 3 is 2.88 bits per heavy atom. The van der Waals surface area contributed by atoms with Gasteiger partial charge >= 0.3 is 0 Å². The van der Waals surface area contributed by atoms with Gasteiger partial charge in [0, 0.05) is 42.8 Å². The van der Waals surface area contributed by atoms with Crippen molar-refractivity contribution >= 4 is 23.5 Å². The second kappa shape index (κ2) is 7.60. The number of carbonyl (C=O) groups is 1. The van der Waals surface area contributed by atoms with E-state index in [1.54, 1.807) is 0 Å². The van der Waals surface area contributed by atoms with E-state index in [0.29, 0.717) is 44.2 Å². The molecule has 2 aliphatic rings. The number of carbonyl (C=O) groups excluding carboxylic acids is 1. The predicted octanol–water partition coefficient (Wildman–Crippen LogP) is 2.44. The number of fused-ring (bicyclic) bond motifs is 1. The van der Waals surface area contributed by atoms with Gasteiger partial charge in [-0.15, -0.1) is 0 Å². The van der Waals surface area contributed by atoms with Gasteiger partial charge in [0.05, 0.1) is 25.5 Å². The quantitative estimate of drug-likeness (QED) is 0.825. The number of halogens is 1. The number of benzene rings is 1. The molecular formula is C19H21ClN4O2. The van der Waals surface area contributed by atoms with Gasteiger partial charge in [0.25, 0.3) is 0 Å². The largest absolute Gasteiger partial charge is 0.378 e. The summed E-state index contributed by atoms with van der Waals surface area (Å²) in [6.07, 6.45) is 3.02. The molecule has 2 aliphatic heterocycles. The summed E-state index contributed by atoms with van der Waals surface area (Å²) in [5.74, 6) is 0.871. The Balaban J connectivity index is 1.37. The first-order chi connectivity index (χ1) is 12.7. The zero-order valence-corrected chi connectivity index (χ0v) is 15.3. The molecule has 0 unspecified atom stereocenters. The first-order valence-corrected chi connectivity index (χ1v) is 9.26. The molecule has 0 bridgehead atoms. The lowest BCUT2D eigenvalue weighted by atomic mass is 10.1. The number of aryl methyl sites for hydroxylation is 1. The molecule has 0 saturated carbocycles. The van der Waals surface area contributed by atoms with Crippen LogP contribution in [0.5, 0.6) is 0 Å². The van der Waals surface area contributed by atoms with Gasteiger partial charge < -0.3 is 14.5 Å². The second-order valence-electron chi connectivity index (χ2n) is 6.62. The molecule has 2 aromatic rings. The number of morpholine rings is 1. The molecule has 1 saturated heterocycles. The smallest absolute Gasteiger partial charge is 0.225 e. The van der Waals surface area contributed by atoms with E-state index in [1.807, 2.05) is 35.4 Å². The average Bonchev–Trinajstić information content (AvgIpc) is 3.10. The fraction of sp³-hybridized carbons (Fsp3) is 0.421. The number of hydrogen-bond donors (Lipinski definition) is 0. The number of ether oxygens (including phenoxy) is 1. The molecule has 0 spiro atoms. The highest BCUT2D eigenvalue weighted by molar-refractivity contribution is 6.30. The highest BCUT2D eigenvalue weighted by atomic mass is 35.5. The summed E-state index contributed by atoms with van der Waals surface area (Å²) < 4.78 is 5.37. The minimum atomic E-state index is 0.135. The first-order valence-electron chi connectivity index (χ1n) is 8.89. The number of aromatic nitrogens is 2. The Bertz CT molecular complexity index is 808. The molecule has 6 nitrogen and oxygen atoms in total. The van der Waals surface area contributed by atoms with E-state index in [0.717, 1.165) is 35.9 Å². The Kier molecular flexibility index (Phi) is 5.04. The maximum atomic E-state index is 12.6. The van der Waals surface area contributed by atoms with E-state index >= 15 is 0 Å². The number of anilines is 1. The zero-order valence-electron chi connectivity index (χ0n) is 14.5. The average molecular weight is 373 g/mol. The molecule has 1 aromatic carbocycles. The third-order valence-electron chi connectivity index (χ3n) is 4.81. The van der Waals surface area contributed by atoms with Gasteiger partial charge in [0.1, 0.15) is 0 Å². The van der Waals surface area contributed by atoms with E-state index in [4.69, 9.17) is 16.3 Å². The molecule has 7 heteroatoms. The fourth-order valence-corrected chi connectivity index (χ4v) is 3.55. The summed E-state index contributed by atoms with van der Waals surface area (Å²) in [6.45, 7) is 4.17. The van der Waals surface area contributed by atoms with Crippen molar-refractivity contribution in [3.8, 4) is 0 Å². The topological polar surface area (TPSA) is 58.6 Å². The van der Waals surface area contributed by atoms with Gasteiger partial charge in [-0.05, 0) is 24.1 Å². The molecule has 1 aromatic heterocycles. The molecule has 1 amide bonds. The van der Waals surface area contributed by atoms with Crippen LogP contribution in [0.3, 0.4) is 0 Å². The van der Waals surface area contributed by atoms with Gasteiger partial charge in [-0.1, -0.05) is 23.7 Å². The monoisotopic (exact) mass is 372 g/mol. The molecular weight excluding hydrogens is 352 g/mol. The van der Waals surface area contributed by atoms with Crippen LogP contribution >= 0.6 is 11.6 Å². The van der Waals surface area contributed by atoms with Crippen LogP contribution in [0.25, 0.3) is 0 Å². The molecule has 136 valence electrons. The van der Waals surface area contributed by atoms with Crippen molar-refractivity contribution in [1.29, 1.82) is 0 Å². The maximum absolute atomic E-state index is 12.6. The fourth-order valence-electron chi connectivity index (χ4n) is 3.34. The molecule has 0 atom stereocenters. The van der Waals surface area contributed by atoms with Crippen molar-refractivity contribution in [3.63, 3.8) is 0 Å². The molecule has 1 fully saturated rings. The zero-order chi connectivity index (χ0) is 17.9. The summed E-state index contributed by atoms with van der Waals surface area (Å²) in [4.78, 5) is 25.7.